The molecule has 0 atom stereocenters. The second-order valence-electron chi connectivity index (χ2n) is 7.48. The summed E-state index contributed by atoms with van der Waals surface area (Å²) in [5, 5.41) is 11.0. The number of carbonyl (C=O) groups is 2. The molecule has 1 aliphatic heterocycles. The van der Waals surface area contributed by atoms with Crippen molar-refractivity contribution in [1.29, 1.82) is 0 Å². The lowest BCUT2D eigenvalue weighted by molar-refractivity contribution is -0.384. The molecule has 1 aliphatic rings. The second kappa shape index (κ2) is 11.0. The average Bonchev–Trinajstić information content (AvgIpc) is 3.24. The molecule has 0 saturated heterocycles. The van der Waals surface area contributed by atoms with Crippen LogP contribution in [0.25, 0.3) is 6.08 Å². The van der Waals surface area contributed by atoms with Gasteiger partial charge in [-0.3, -0.25) is 14.9 Å². The van der Waals surface area contributed by atoms with E-state index in [4.69, 9.17) is 14.2 Å². The molecule has 0 amide bonds. The molecule has 0 radical (unpaired) electrons. The number of halogens is 1. The number of rotatable bonds is 9. The van der Waals surface area contributed by atoms with Gasteiger partial charge in [0.15, 0.2) is 29.6 Å². The number of nitro benzene ring substituents is 1. The van der Waals surface area contributed by atoms with Crippen LogP contribution in [0, 0.1) is 10.1 Å². The molecule has 0 aliphatic carbocycles. The SMILES string of the molecule is CCOc1cc(/C=C2\N=C(c3cccc([N+](=O)[O-])c3)OC2=O)cc(Br)c1OCC(=O)c1ccccc1. The highest BCUT2D eigenvalue weighted by molar-refractivity contribution is 9.10. The van der Waals surface area contributed by atoms with E-state index in [0.29, 0.717) is 39.3 Å². The van der Waals surface area contributed by atoms with Gasteiger partial charge in [0.1, 0.15) is 0 Å². The normalized spacial score (nSPS) is 13.8. The Bertz CT molecular complexity index is 1400. The zero-order chi connectivity index (χ0) is 25.7. The van der Waals surface area contributed by atoms with Crippen molar-refractivity contribution in [2.24, 2.45) is 4.99 Å². The maximum absolute atomic E-state index is 12.4. The van der Waals surface area contributed by atoms with Crippen molar-refractivity contribution >= 4 is 45.3 Å². The van der Waals surface area contributed by atoms with Crippen LogP contribution < -0.4 is 9.47 Å². The highest BCUT2D eigenvalue weighted by Gasteiger charge is 2.25. The summed E-state index contributed by atoms with van der Waals surface area (Å²) in [5.74, 6) is -0.197. The van der Waals surface area contributed by atoms with Crippen molar-refractivity contribution in [3.8, 4) is 11.5 Å². The third-order valence-electron chi connectivity index (χ3n) is 5.00. The van der Waals surface area contributed by atoms with E-state index in [2.05, 4.69) is 20.9 Å². The van der Waals surface area contributed by atoms with Crippen LogP contribution in [0.2, 0.25) is 0 Å². The number of nitro groups is 1. The lowest BCUT2D eigenvalue weighted by atomic mass is 10.1. The highest BCUT2D eigenvalue weighted by atomic mass is 79.9. The van der Waals surface area contributed by atoms with Gasteiger partial charge in [-0.15, -0.1) is 0 Å². The quantitative estimate of drug-likeness (QED) is 0.116. The molecule has 36 heavy (non-hydrogen) atoms. The van der Waals surface area contributed by atoms with Gasteiger partial charge < -0.3 is 14.2 Å². The maximum atomic E-state index is 12.4. The Labute approximate surface area is 214 Å². The number of cyclic esters (lactones) is 1. The summed E-state index contributed by atoms with van der Waals surface area (Å²) in [6.07, 6.45) is 1.50. The number of Topliss-reactive ketones (excluding diaryl/α,β-unsaturated/α-hetero) is 1. The molecule has 0 unspecified atom stereocenters. The molecule has 0 N–H and O–H groups in total. The summed E-state index contributed by atoms with van der Waals surface area (Å²) < 4.78 is 17.2. The second-order valence-corrected chi connectivity index (χ2v) is 8.34. The van der Waals surface area contributed by atoms with Gasteiger partial charge in [-0.05, 0) is 52.7 Å². The summed E-state index contributed by atoms with van der Waals surface area (Å²) in [5.41, 5.74) is 1.27. The Morgan fingerprint density at radius 3 is 2.61 bits per heavy atom. The first-order chi connectivity index (χ1) is 17.4. The van der Waals surface area contributed by atoms with E-state index in [1.807, 2.05) is 13.0 Å². The minimum Gasteiger partial charge on any atom is -0.490 e. The molecule has 3 aromatic rings. The first kappa shape index (κ1) is 24.8. The predicted octanol–water partition coefficient (Wildman–Crippen LogP) is 5.36. The van der Waals surface area contributed by atoms with Crippen molar-refractivity contribution in [2.45, 2.75) is 6.92 Å². The molecule has 0 fully saturated rings. The van der Waals surface area contributed by atoms with Gasteiger partial charge in [0, 0.05) is 23.3 Å². The number of benzene rings is 3. The van der Waals surface area contributed by atoms with E-state index in [9.17, 15) is 19.7 Å². The molecule has 3 aromatic carbocycles. The van der Waals surface area contributed by atoms with E-state index in [-0.39, 0.29) is 29.7 Å². The van der Waals surface area contributed by atoms with Crippen molar-refractivity contribution in [3.63, 3.8) is 0 Å². The first-order valence-electron chi connectivity index (χ1n) is 10.8. The molecule has 9 nitrogen and oxygen atoms in total. The summed E-state index contributed by atoms with van der Waals surface area (Å²) >= 11 is 3.45. The van der Waals surface area contributed by atoms with E-state index >= 15 is 0 Å². The lowest BCUT2D eigenvalue weighted by Crippen LogP contribution is -2.12. The monoisotopic (exact) mass is 550 g/mol. The van der Waals surface area contributed by atoms with Gasteiger partial charge in [-0.1, -0.05) is 36.4 Å². The van der Waals surface area contributed by atoms with Gasteiger partial charge in [-0.2, -0.15) is 0 Å². The number of ether oxygens (including phenoxy) is 3. The van der Waals surface area contributed by atoms with E-state index < -0.39 is 10.9 Å². The van der Waals surface area contributed by atoms with Crippen LogP contribution >= 0.6 is 15.9 Å². The van der Waals surface area contributed by atoms with Crippen LogP contribution in [0.15, 0.2) is 81.9 Å². The molecule has 0 saturated carbocycles. The van der Waals surface area contributed by atoms with Crippen LogP contribution in [0.5, 0.6) is 11.5 Å². The number of esters is 1. The van der Waals surface area contributed by atoms with Crippen molar-refractivity contribution in [3.05, 3.63) is 104 Å². The highest BCUT2D eigenvalue weighted by Crippen LogP contribution is 2.38. The summed E-state index contributed by atoms with van der Waals surface area (Å²) in [6, 6.07) is 17.8. The number of hydrogen-bond donors (Lipinski definition) is 0. The minimum atomic E-state index is -0.695. The molecule has 1 heterocycles. The molecule has 10 heteroatoms. The molecule has 0 spiro atoms. The van der Waals surface area contributed by atoms with Crippen molar-refractivity contribution in [1.82, 2.24) is 0 Å². The zero-order valence-corrected chi connectivity index (χ0v) is 20.6. The van der Waals surface area contributed by atoms with Gasteiger partial charge in [0.25, 0.3) is 5.69 Å². The Morgan fingerprint density at radius 1 is 1.11 bits per heavy atom. The molecule has 0 bridgehead atoms. The van der Waals surface area contributed by atoms with Gasteiger partial charge in [0.05, 0.1) is 16.0 Å². The first-order valence-corrected chi connectivity index (χ1v) is 11.6. The topological polar surface area (TPSA) is 117 Å². The molecule has 182 valence electrons. The van der Waals surface area contributed by atoms with Crippen LogP contribution in [0.3, 0.4) is 0 Å². The Morgan fingerprint density at radius 2 is 1.89 bits per heavy atom. The van der Waals surface area contributed by atoms with Crippen molar-refractivity contribution in [2.75, 3.05) is 13.2 Å². The molecule has 0 aromatic heterocycles. The number of hydrogen-bond acceptors (Lipinski definition) is 8. The van der Waals surface area contributed by atoms with Crippen molar-refractivity contribution < 1.29 is 28.7 Å². The average molecular weight is 551 g/mol. The summed E-state index contributed by atoms with van der Waals surface area (Å²) in [7, 11) is 0. The fourth-order valence-corrected chi connectivity index (χ4v) is 3.94. The maximum Gasteiger partial charge on any atom is 0.363 e. The third-order valence-corrected chi connectivity index (χ3v) is 5.59. The number of non-ortho nitro benzene ring substituents is 1. The standard InChI is InChI=1S/C26H19BrN2O7/c1-2-34-23-13-16(11-20(27)24(23)35-15-22(30)17-7-4-3-5-8-17)12-21-26(31)36-25(28-21)18-9-6-10-19(14-18)29(32)33/h3-14H,2,15H2,1H3/b21-12-. The van der Waals surface area contributed by atoms with E-state index in [0.717, 1.165) is 0 Å². The fraction of sp³-hybridized carbons (Fsp3) is 0.115. The van der Waals surface area contributed by atoms with Crippen LogP contribution in [0.1, 0.15) is 28.4 Å². The van der Waals surface area contributed by atoms with Crippen LogP contribution in [-0.2, 0) is 9.53 Å². The predicted molar refractivity (Wildman–Crippen MR) is 135 cm³/mol. The number of aliphatic imine (C=N–C) groups is 1. The third kappa shape index (κ3) is 5.66. The van der Waals surface area contributed by atoms with E-state index in [1.165, 1.54) is 24.3 Å². The lowest BCUT2D eigenvalue weighted by Gasteiger charge is -2.14. The summed E-state index contributed by atoms with van der Waals surface area (Å²) in [6.45, 7) is 1.96. The van der Waals surface area contributed by atoms with Crippen LogP contribution in [-0.4, -0.2) is 35.8 Å². The Hall–Kier alpha value is -4.31. The van der Waals surface area contributed by atoms with Crippen LogP contribution in [0.4, 0.5) is 5.69 Å². The van der Waals surface area contributed by atoms with Gasteiger partial charge in [-0.25, -0.2) is 9.79 Å². The Kier molecular flexibility index (Phi) is 7.55. The molecular weight excluding hydrogens is 532 g/mol. The molecule has 4 rings (SSSR count). The Balaban J connectivity index is 1.59. The van der Waals surface area contributed by atoms with Gasteiger partial charge >= 0.3 is 5.97 Å². The summed E-state index contributed by atoms with van der Waals surface area (Å²) in [4.78, 5) is 39.6. The largest absolute Gasteiger partial charge is 0.490 e. The fourth-order valence-electron chi connectivity index (χ4n) is 3.36. The smallest absolute Gasteiger partial charge is 0.363 e. The number of carbonyl (C=O) groups excluding carboxylic acids is 2. The number of nitrogens with zero attached hydrogens (tertiary/aromatic N) is 2. The van der Waals surface area contributed by atoms with Gasteiger partial charge in [0.2, 0.25) is 5.90 Å². The zero-order valence-electron chi connectivity index (χ0n) is 19.0. The number of ketones is 1. The minimum absolute atomic E-state index is 0.0128. The molecular formula is C26H19BrN2O7. The van der Waals surface area contributed by atoms with E-state index in [1.54, 1.807) is 42.5 Å².